The van der Waals surface area contributed by atoms with Gasteiger partial charge in [-0.25, -0.2) is 0 Å². The summed E-state index contributed by atoms with van der Waals surface area (Å²) in [7, 11) is 0. The van der Waals surface area contributed by atoms with Crippen LogP contribution in [-0.2, 0) is 4.79 Å². The second-order valence-corrected chi connectivity index (χ2v) is 3.87. The molecule has 5 nitrogen and oxygen atoms in total. The van der Waals surface area contributed by atoms with Gasteiger partial charge < -0.3 is 16.8 Å². The molecule has 5 heteroatoms. The van der Waals surface area contributed by atoms with Crippen molar-refractivity contribution in [2.75, 3.05) is 11.1 Å². The van der Waals surface area contributed by atoms with Crippen molar-refractivity contribution in [2.24, 2.45) is 5.73 Å². The number of hydrogen-bond acceptors (Lipinski definition) is 4. The lowest BCUT2D eigenvalue weighted by molar-refractivity contribution is -0.118. The highest BCUT2D eigenvalue weighted by Gasteiger charge is 2.11. The molecule has 0 saturated carbocycles. The molecule has 0 aliphatic carbocycles. The Labute approximate surface area is 98.8 Å². The standard InChI is InChI=1S/C12H14N4O/c1-7(12(14)17)16-10-5-4-9(13)11-8(10)3-2-6-15-11/h2-7,16H,13H2,1H3,(H2,14,17). The van der Waals surface area contributed by atoms with Crippen molar-refractivity contribution < 1.29 is 4.79 Å². The molecule has 5 N–H and O–H groups in total. The summed E-state index contributed by atoms with van der Waals surface area (Å²) in [5, 5.41) is 3.92. The summed E-state index contributed by atoms with van der Waals surface area (Å²) in [6.07, 6.45) is 1.68. The van der Waals surface area contributed by atoms with Crippen molar-refractivity contribution >= 4 is 28.2 Å². The van der Waals surface area contributed by atoms with Crippen molar-refractivity contribution in [3.8, 4) is 0 Å². The average molecular weight is 230 g/mol. The zero-order chi connectivity index (χ0) is 12.4. The van der Waals surface area contributed by atoms with Gasteiger partial charge in [0.25, 0.3) is 0 Å². The van der Waals surface area contributed by atoms with Gasteiger partial charge in [0, 0.05) is 17.3 Å². The molecule has 2 rings (SSSR count). The highest BCUT2D eigenvalue weighted by atomic mass is 16.1. The Morgan fingerprint density at radius 2 is 2.18 bits per heavy atom. The minimum atomic E-state index is -0.443. The lowest BCUT2D eigenvalue weighted by Crippen LogP contribution is -2.32. The van der Waals surface area contributed by atoms with Crippen molar-refractivity contribution in [3.63, 3.8) is 0 Å². The highest BCUT2D eigenvalue weighted by molar-refractivity contribution is 5.99. The van der Waals surface area contributed by atoms with E-state index in [1.54, 1.807) is 19.2 Å². The number of aromatic nitrogens is 1. The van der Waals surface area contributed by atoms with Crippen LogP contribution in [0.2, 0.25) is 0 Å². The van der Waals surface area contributed by atoms with Crippen LogP contribution in [0.5, 0.6) is 0 Å². The molecule has 1 aromatic heterocycles. The fraction of sp³-hybridized carbons (Fsp3) is 0.167. The Hall–Kier alpha value is -2.30. The van der Waals surface area contributed by atoms with Crippen LogP contribution in [0.4, 0.5) is 11.4 Å². The molecule has 1 atom stereocenters. The number of nitrogens with zero attached hydrogens (tertiary/aromatic N) is 1. The largest absolute Gasteiger partial charge is 0.397 e. The molecule has 17 heavy (non-hydrogen) atoms. The molecule has 0 aliphatic rings. The number of pyridine rings is 1. The van der Waals surface area contributed by atoms with E-state index >= 15 is 0 Å². The van der Waals surface area contributed by atoms with Crippen LogP contribution >= 0.6 is 0 Å². The fourth-order valence-electron chi connectivity index (χ4n) is 1.62. The SMILES string of the molecule is CC(Nc1ccc(N)c2ncccc12)C(N)=O. The van der Waals surface area contributed by atoms with Gasteiger partial charge in [0.2, 0.25) is 5.91 Å². The summed E-state index contributed by atoms with van der Waals surface area (Å²) in [5.74, 6) is -0.404. The Bertz CT molecular complexity index is 567. The Kier molecular flexibility index (Phi) is 2.82. The zero-order valence-corrected chi connectivity index (χ0v) is 9.47. The zero-order valence-electron chi connectivity index (χ0n) is 9.47. The lowest BCUT2D eigenvalue weighted by atomic mass is 10.1. The van der Waals surface area contributed by atoms with Gasteiger partial charge in [-0.15, -0.1) is 0 Å². The molecule has 2 aromatic rings. The molecular formula is C12H14N4O. The van der Waals surface area contributed by atoms with Crippen LogP contribution in [0, 0.1) is 0 Å². The topological polar surface area (TPSA) is 94.0 Å². The van der Waals surface area contributed by atoms with Gasteiger partial charge >= 0.3 is 0 Å². The van der Waals surface area contributed by atoms with Gasteiger partial charge in [0.15, 0.2) is 0 Å². The average Bonchev–Trinajstić information content (AvgIpc) is 2.33. The summed E-state index contributed by atoms with van der Waals surface area (Å²) in [4.78, 5) is 15.2. The number of hydrogen-bond donors (Lipinski definition) is 3. The molecule has 0 radical (unpaired) electrons. The number of fused-ring (bicyclic) bond motifs is 1. The van der Waals surface area contributed by atoms with Crippen LogP contribution in [0.1, 0.15) is 6.92 Å². The molecule has 0 spiro atoms. The number of anilines is 2. The highest BCUT2D eigenvalue weighted by Crippen LogP contribution is 2.26. The molecule has 0 bridgehead atoms. The van der Waals surface area contributed by atoms with Gasteiger partial charge in [-0.3, -0.25) is 9.78 Å². The van der Waals surface area contributed by atoms with Crippen molar-refractivity contribution in [1.82, 2.24) is 4.98 Å². The predicted molar refractivity (Wildman–Crippen MR) is 68.4 cm³/mol. The predicted octanol–water partition coefficient (Wildman–Crippen LogP) is 1.10. The lowest BCUT2D eigenvalue weighted by Gasteiger charge is -2.14. The first-order chi connectivity index (χ1) is 8.09. The molecular weight excluding hydrogens is 216 g/mol. The maximum atomic E-state index is 11.0. The summed E-state index contributed by atoms with van der Waals surface area (Å²) in [6.45, 7) is 1.71. The van der Waals surface area contributed by atoms with Crippen LogP contribution < -0.4 is 16.8 Å². The maximum Gasteiger partial charge on any atom is 0.239 e. The first kappa shape index (κ1) is 11.2. The first-order valence-electron chi connectivity index (χ1n) is 5.28. The van der Waals surface area contributed by atoms with E-state index in [1.165, 1.54) is 0 Å². The third kappa shape index (κ3) is 2.13. The van der Waals surface area contributed by atoms with E-state index in [0.717, 1.165) is 11.1 Å². The number of benzene rings is 1. The molecule has 1 amide bonds. The second-order valence-electron chi connectivity index (χ2n) is 3.87. The van der Waals surface area contributed by atoms with Crippen LogP contribution in [-0.4, -0.2) is 16.9 Å². The Morgan fingerprint density at radius 1 is 1.41 bits per heavy atom. The second kappa shape index (κ2) is 4.29. The normalized spacial score (nSPS) is 12.3. The summed E-state index contributed by atoms with van der Waals surface area (Å²) in [6, 6.07) is 6.85. The van der Waals surface area contributed by atoms with Crippen LogP contribution in [0.3, 0.4) is 0 Å². The van der Waals surface area contributed by atoms with E-state index in [1.807, 2.05) is 18.2 Å². The van der Waals surface area contributed by atoms with E-state index in [-0.39, 0.29) is 0 Å². The molecule has 0 saturated heterocycles. The molecule has 88 valence electrons. The van der Waals surface area contributed by atoms with Crippen LogP contribution in [0.15, 0.2) is 30.5 Å². The first-order valence-corrected chi connectivity index (χ1v) is 5.28. The number of primary amides is 1. The van der Waals surface area contributed by atoms with E-state index in [0.29, 0.717) is 11.2 Å². The fourth-order valence-corrected chi connectivity index (χ4v) is 1.62. The van der Waals surface area contributed by atoms with E-state index in [4.69, 9.17) is 11.5 Å². The van der Waals surface area contributed by atoms with E-state index in [9.17, 15) is 4.79 Å². The number of carbonyl (C=O) groups is 1. The van der Waals surface area contributed by atoms with E-state index in [2.05, 4.69) is 10.3 Å². The Morgan fingerprint density at radius 3 is 2.88 bits per heavy atom. The number of nitrogen functional groups attached to an aromatic ring is 1. The van der Waals surface area contributed by atoms with Crippen molar-refractivity contribution in [2.45, 2.75) is 13.0 Å². The molecule has 0 fully saturated rings. The monoisotopic (exact) mass is 230 g/mol. The van der Waals surface area contributed by atoms with Gasteiger partial charge in [-0.1, -0.05) is 0 Å². The summed E-state index contributed by atoms with van der Waals surface area (Å²) < 4.78 is 0. The molecule has 1 unspecified atom stereocenters. The minimum Gasteiger partial charge on any atom is -0.397 e. The smallest absolute Gasteiger partial charge is 0.239 e. The number of amides is 1. The number of nitrogens with one attached hydrogen (secondary N) is 1. The van der Waals surface area contributed by atoms with Crippen molar-refractivity contribution in [1.29, 1.82) is 0 Å². The maximum absolute atomic E-state index is 11.0. The number of rotatable bonds is 3. The van der Waals surface area contributed by atoms with Gasteiger partial charge in [0.1, 0.15) is 6.04 Å². The number of nitrogens with two attached hydrogens (primary N) is 2. The van der Waals surface area contributed by atoms with Crippen molar-refractivity contribution in [3.05, 3.63) is 30.5 Å². The van der Waals surface area contributed by atoms with E-state index < -0.39 is 11.9 Å². The molecule has 1 aromatic carbocycles. The van der Waals surface area contributed by atoms with Crippen LogP contribution in [0.25, 0.3) is 10.9 Å². The molecule has 0 aliphatic heterocycles. The quantitative estimate of drug-likeness (QED) is 0.688. The van der Waals surface area contributed by atoms with Gasteiger partial charge in [-0.05, 0) is 31.2 Å². The third-order valence-electron chi connectivity index (χ3n) is 2.60. The third-order valence-corrected chi connectivity index (χ3v) is 2.60. The molecule has 1 heterocycles. The number of carbonyl (C=O) groups excluding carboxylic acids is 1. The Balaban J connectivity index is 2.48. The summed E-state index contributed by atoms with van der Waals surface area (Å²) >= 11 is 0. The summed E-state index contributed by atoms with van der Waals surface area (Å²) in [5.41, 5.74) is 13.2. The minimum absolute atomic E-state index is 0.404. The van der Waals surface area contributed by atoms with Gasteiger partial charge in [-0.2, -0.15) is 0 Å². The van der Waals surface area contributed by atoms with Gasteiger partial charge in [0.05, 0.1) is 11.2 Å².